The largest absolute Gasteiger partial charge is 0.480 e. The highest BCUT2D eigenvalue weighted by molar-refractivity contribution is 5.89. The maximum Gasteiger partial charge on any atom is 0.325 e. The van der Waals surface area contributed by atoms with Gasteiger partial charge in [-0.05, 0) is 38.3 Å². The Kier molecular flexibility index (Phi) is 5.62. The Balaban J connectivity index is 1.94. The predicted octanol–water partition coefficient (Wildman–Crippen LogP) is 1.09. The molecule has 24 heavy (non-hydrogen) atoms. The number of amides is 3. The van der Waals surface area contributed by atoms with Gasteiger partial charge in [-0.15, -0.1) is 0 Å². The van der Waals surface area contributed by atoms with Gasteiger partial charge in [-0.3, -0.25) is 20.4 Å². The number of nitrogens with one attached hydrogen (secondary N) is 3. The van der Waals surface area contributed by atoms with Gasteiger partial charge < -0.3 is 15.3 Å². The number of urea groups is 1. The van der Waals surface area contributed by atoms with Gasteiger partial charge in [0.15, 0.2) is 0 Å². The molecule has 1 fully saturated rings. The molecule has 4 N–H and O–H groups in total. The highest BCUT2D eigenvalue weighted by Gasteiger charge is 2.35. The van der Waals surface area contributed by atoms with Crippen LogP contribution in [0.25, 0.3) is 0 Å². The summed E-state index contributed by atoms with van der Waals surface area (Å²) in [6, 6.07) is 5.33. The zero-order valence-corrected chi connectivity index (χ0v) is 13.7. The van der Waals surface area contributed by atoms with Gasteiger partial charge in [0.25, 0.3) is 5.91 Å². The number of likely N-dealkylation sites (tertiary alicyclic amines) is 1. The van der Waals surface area contributed by atoms with Gasteiger partial charge in [0.2, 0.25) is 0 Å². The third-order valence-electron chi connectivity index (χ3n) is 3.99. The second-order valence-electron chi connectivity index (χ2n) is 5.79. The van der Waals surface area contributed by atoms with Crippen LogP contribution in [0.5, 0.6) is 0 Å². The number of carboxylic acid groups (broad SMARTS) is 1. The number of hydrogen-bond acceptors (Lipinski definition) is 4. The summed E-state index contributed by atoms with van der Waals surface area (Å²) < 4.78 is 0. The highest BCUT2D eigenvalue weighted by atomic mass is 16.4. The smallest absolute Gasteiger partial charge is 0.325 e. The highest BCUT2D eigenvalue weighted by Crippen LogP contribution is 2.18. The number of nitrogens with zero attached hydrogens (tertiary/aromatic N) is 1. The molecular formula is C16H22N4O4. The van der Waals surface area contributed by atoms with E-state index in [4.69, 9.17) is 5.11 Å². The summed E-state index contributed by atoms with van der Waals surface area (Å²) in [6.07, 6.45) is 1.23. The van der Waals surface area contributed by atoms with Gasteiger partial charge in [-0.1, -0.05) is 18.2 Å². The van der Waals surface area contributed by atoms with Crippen molar-refractivity contribution in [2.24, 2.45) is 0 Å². The molecule has 0 aliphatic carbocycles. The number of aliphatic carboxylic acids is 1. The van der Waals surface area contributed by atoms with Crippen LogP contribution in [0.1, 0.15) is 25.3 Å². The lowest BCUT2D eigenvalue weighted by atomic mass is 10.2. The second-order valence-corrected chi connectivity index (χ2v) is 5.79. The van der Waals surface area contributed by atoms with E-state index >= 15 is 0 Å². The first-order valence-electron chi connectivity index (χ1n) is 7.81. The summed E-state index contributed by atoms with van der Waals surface area (Å²) in [5.74, 6) is -1.45. The van der Waals surface area contributed by atoms with Crippen molar-refractivity contribution in [1.82, 2.24) is 15.6 Å². The summed E-state index contributed by atoms with van der Waals surface area (Å²) in [5, 5.41) is 11.2. The molecule has 1 aliphatic rings. The molecule has 0 radical (unpaired) electrons. The van der Waals surface area contributed by atoms with Crippen molar-refractivity contribution in [3.05, 3.63) is 29.8 Å². The summed E-state index contributed by atoms with van der Waals surface area (Å²) in [7, 11) is 0. The Morgan fingerprint density at radius 2 is 2.00 bits per heavy atom. The first-order valence-corrected chi connectivity index (χ1v) is 7.81. The molecule has 1 heterocycles. The second kappa shape index (κ2) is 7.67. The molecule has 0 spiro atoms. The van der Waals surface area contributed by atoms with Crippen molar-refractivity contribution < 1.29 is 19.5 Å². The molecule has 1 unspecified atom stereocenters. The Labute approximate surface area is 140 Å². The Hall–Kier alpha value is -2.77. The lowest BCUT2D eigenvalue weighted by molar-refractivity contribution is -0.138. The van der Waals surface area contributed by atoms with Crippen LogP contribution in [0, 0.1) is 6.92 Å². The number of carbonyl (C=O) groups is 3. The summed E-state index contributed by atoms with van der Waals surface area (Å²) in [5.41, 5.74) is 7.23. The van der Waals surface area contributed by atoms with Gasteiger partial charge in [0, 0.05) is 6.54 Å². The van der Waals surface area contributed by atoms with E-state index in [1.807, 2.05) is 31.2 Å². The number of para-hydroxylation sites is 1. The molecule has 8 nitrogen and oxygen atoms in total. The molecule has 0 saturated carbocycles. The quantitative estimate of drug-likeness (QED) is 0.602. The van der Waals surface area contributed by atoms with Crippen LogP contribution in [0.2, 0.25) is 0 Å². The number of hydrogen-bond donors (Lipinski definition) is 4. The summed E-state index contributed by atoms with van der Waals surface area (Å²) in [6.45, 7) is 3.71. The Bertz CT molecular complexity index is 634. The number of hydrazine groups is 1. The normalized spacial score (nSPS) is 17.9. The van der Waals surface area contributed by atoms with Crippen LogP contribution < -0.4 is 16.2 Å². The van der Waals surface area contributed by atoms with Crippen LogP contribution >= 0.6 is 0 Å². The first-order chi connectivity index (χ1) is 11.4. The molecule has 2 rings (SSSR count). The molecule has 2 atom stereocenters. The fourth-order valence-electron chi connectivity index (χ4n) is 2.54. The van der Waals surface area contributed by atoms with E-state index in [0.717, 1.165) is 11.3 Å². The maximum atomic E-state index is 12.4. The topological polar surface area (TPSA) is 111 Å². The zero-order chi connectivity index (χ0) is 17.7. The van der Waals surface area contributed by atoms with Gasteiger partial charge in [-0.25, -0.2) is 4.79 Å². The number of aryl methyl sites for hydroxylation is 1. The fourth-order valence-corrected chi connectivity index (χ4v) is 2.54. The van der Waals surface area contributed by atoms with E-state index in [9.17, 15) is 14.4 Å². The minimum Gasteiger partial charge on any atom is -0.480 e. The number of carbonyl (C=O) groups excluding carboxylic acids is 2. The minimum atomic E-state index is -1.12. The lowest BCUT2D eigenvalue weighted by Crippen LogP contribution is -2.53. The minimum absolute atomic E-state index is 0.325. The molecule has 0 bridgehead atoms. The molecule has 1 aromatic rings. The van der Waals surface area contributed by atoms with Gasteiger partial charge >= 0.3 is 12.0 Å². The van der Waals surface area contributed by atoms with E-state index in [1.165, 1.54) is 11.8 Å². The molecule has 1 saturated heterocycles. The van der Waals surface area contributed by atoms with E-state index in [-0.39, 0.29) is 5.91 Å². The van der Waals surface area contributed by atoms with Crippen molar-refractivity contribution in [2.75, 3.05) is 12.0 Å². The van der Waals surface area contributed by atoms with E-state index in [1.54, 1.807) is 0 Å². The fraction of sp³-hybridized carbons (Fsp3) is 0.438. The van der Waals surface area contributed by atoms with Crippen molar-refractivity contribution in [1.29, 1.82) is 0 Å². The SMILES string of the molecule is Cc1ccccc1NNC(=O)C1CCCN1C(=O)N[C@@H](C)C(=O)O. The van der Waals surface area contributed by atoms with Crippen LogP contribution in [0.3, 0.4) is 0 Å². The summed E-state index contributed by atoms with van der Waals surface area (Å²) in [4.78, 5) is 36.7. The monoisotopic (exact) mass is 334 g/mol. The van der Waals surface area contributed by atoms with Crippen LogP contribution in [0.4, 0.5) is 10.5 Å². The zero-order valence-electron chi connectivity index (χ0n) is 13.7. The average Bonchev–Trinajstić information content (AvgIpc) is 3.03. The van der Waals surface area contributed by atoms with Gasteiger partial charge in [0.05, 0.1) is 5.69 Å². The van der Waals surface area contributed by atoms with E-state index in [0.29, 0.717) is 19.4 Å². The van der Waals surface area contributed by atoms with Crippen LogP contribution in [0.15, 0.2) is 24.3 Å². The number of anilines is 1. The molecular weight excluding hydrogens is 312 g/mol. The van der Waals surface area contributed by atoms with Crippen molar-refractivity contribution in [3.63, 3.8) is 0 Å². The third kappa shape index (κ3) is 4.15. The Morgan fingerprint density at radius 1 is 1.29 bits per heavy atom. The maximum absolute atomic E-state index is 12.4. The molecule has 1 aromatic carbocycles. The van der Waals surface area contributed by atoms with E-state index in [2.05, 4.69) is 16.2 Å². The molecule has 1 aliphatic heterocycles. The van der Waals surface area contributed by atoms with Gasteiger partial charge in [0.1, 0.15) is 12.1 Å². The number of rotatable bonds is 5. The average molecular weight is 334 g/mol. The molecule has 0 aromatic heterocycles. The predicted molar refractivity (Wildman–Crippen MR) is 88.3 cm³/mol. The Morgan fingerprint density at radius 3 is 2.67 bits per heavy atom. The standard InChI is InChI=1S/C16H22N4O4/c1-10-6-3-4-7-12(10)18-19-14(21)13-8-5-9-20(13)16(24)17-11(2)15(22)23/h3-4,6-7,11,13,18H,5,8-9H2,1-2H3,(H,17,24)(H,19,21)(H,22,23)/t11-,13?/m0/s1. The molecule has 3 amide bonds. The van der Waals surface area contributed by atoms with Gasteiger partial charge in [-0.2, -0.15) is 0 Å². The van der Waals surface area contributed by atoms with Crippen molar-refractivity contribution >= 4 is 23.6 Å². The number of benzene rings is 1. The third-order valence-corrected chi connectivity index (χ3v) is 3.99. The summed E-state index contributed by atoms with van der Waals surface area (Å²) >= 11 is 0. The van der Waals surface area contributed by atoms with E-state index < -0.39 is 24.1 Å². The van der Waals surface area contributed by atoms with Crippen LogP contribution in [-0.4, -0.2) is 46.5 Å². The van der Waals surface area contributed by atoms with Crippen molar-refractivity contribution in [2.45, 2.75) is 38.8 Å². The molecule has 8 heteroatoms. The first kappa shape index (κ1) is 17.6. The lowest BCUT2D eigenvalue weighted by Gasteiger charge is -2.25. The number of carboxylic acids is 1. The van der Waals surface area contributed by atoms with Crippen molar-refractivity contribution in [3.8, 4) is 0 Å². The molecule has 130 valence electrons. The van der Waals surface area contributed by atoms with Crippen LogP contribution in [-0.2, 0) is 9.59 Å².